The van der Waals surface area contributed by atoms with Gasteiger partial charge in [-0.25, -0.2) is 0 Å². The third-order valence-electron chi connectivity index (χ3n) is 2.68. The first-order chi connectivity index (χ1) is 9.51. The molecule has 1 amide bonds. The van der Waals surface area contributed by atoms with Crippen molar-refractivity contribution >= 4 is 52.1 Å². The van der Waals surface area contributed by atoms with E-state index < -0.39 is 0 Å². The van der Waals surface area contributed by atoms with Crippen LogP contribution in [0.3, 0.4) is 0 Å². The number of amides is 1. The highest BCUT2D eigenvalue weighted by Crippen LogP contribution is 2.33. The summed E-state index contributed by atoms with van der Waals surface area (Å²) in [5.41, 5.74) is 1.77. The summed E-state index contributed by atoms with van der Waals surface area (Å²) < 4.78 is 0. The molecule has 0 aliphatic carbocycles. The van der Waals surface area contributed by atoms with Crippen LogP contribution in [0, 0.1) is 0 Å². The van der Waals surface area contributed by atoms with Crippen molar-refractivity contribution < 1.29 is 4.79 Å². The molecule has 0 fully saturated rings. The first-order valence-electron chi connectivity index (χ1n) is 5.75. The van der Waals surface area contributed by atoms with Crippen molar-refractivity contribution in [2.24, 2.45) is 0 Å². The summed E-state index contributed by atoms with van der Waals surface area (Å²) in [6.45, 7) is 0. The third kappa shape index (κ3) is 3.37. The zero-order valence-electron chi connectivity index (χ0n) is 10.5. The number of hydrogen-bond donors (Lipinski definition) is 2. The lowest BCUT2D eigenvalue weighted by molar-refractivity contribution is 0.102. The van der Waals surface area contributed by atoms with Gasteiger partial charge >= 0.3 is 0 Å². The number of benzene rings is 2. The van der Waals surface area contributed by atoms with Gasteiger partial charge in [-0.05, 0) is 36.4 Å². The third-order valence-corrected chi connectivity index (χ3v) is 3.50. The molecular formula is C14H11Cl3N2O. The van der Waals surface area contributed by atoms with Gasteiger partial charge in [-0.2, -0.15) is 0 Å². The van der Waals surface area contributed by atoms with E-state index in [4.69, 9.17) is 34.8 Å². The fraction of sp³-hybridized carbons (Fsp3) is 0.0714. The maximum absolute atomic E-state index is 12.1. The Morgan fingerprint density at radius 1 is 1.00 bits per heavy atom. The molecule has 0 aliphatic rings. The van der Waals surface area contributed by atoms with Crippen LogP contribution in [0.1, 0.15) is 10.4 Å². The zero-order chi connectivity index (χ0) is 14.7. The molecule has 0 aromatic heterocycles. The Bertz CT molecular complexity index is 618. The molecule has 0 aliphatic heterocycles. The summed E-state index contributed by atoms with van der Waals surface area (Å²) >= 11 is 17.9. The predicted molar refractivity (Wildman–Crippen MR) is 85.4 cm³/mol. The molecule has 0 unspecified atom stereocenters. The molecule has 2 N–H and O–H groups in total. The molecular weight excluding hydrogens is 319 g/mol. The van der Waals surface area contributed by atoms with E-state index in [9.17, 15) is 4.79 Å². The first kappa shape index (κ1) is 15.0. The fourth-order valence-corrected chi connectivity index (χ4v) is 2.55. The van der Waals surface area contributed by atoms with E-state index in [1.165, 1.54) is 12.1 Å². The monoisotopic (exact) mass is 328 g/mol. The van der Waals surface area contributed by atoms with Crippen LogP contribution in [0.5, 0.6) is 0 Å². The Kier molecular flexibility index (Phi) is 4.76. The predicted octanol–water partition coefficient (Wildman–Crippen LogP) is 4.94. The molecule has 2 rings (SSSR count). The summed E-state index contributed by atoms with van der Waals surface area (Å²) in [5.74, 6) is -0.293. The summed E-state index contributed by atoms with van der Waals surface area (Å²) in [4.78, 5) is 12.1. The Labute approximate surface area is 131 Å². The fourth-order valence-electron chi connectivity index (χ4n) is 1.64. The van der Waals surface area contributed by atoms with Crippen molar-refractivity contribution in [3.63, 3.8) is 0 Å². The Hall–Kier alpha value is -1.42. The Morgan fingerprint density at radius 2 is 1.55 bits per heavy atom. The van der Waals surface area contributed by atoms with Crippen LogP contribution in [0.4, 0.5) is 11.4 Å². The van der Waals surface area contributed by atoms with E-state index in [1.54, 1.807) is 24.3 Å². The van der Waals surface area contributed by atoms with Crippen molar-refractivity contribution in [2.75, 3.05) is 17.7 Å². The zero-order valence-corrected chi connectivity index (χ0v) is 12.8. The number of rotatable bonds is 3. The molecule has 6 heteroatoms. The summed E-state index contributed by atoms with van der Waals surface area (Å²) in [7, 11) is 1.81. The van der Waals surface area contributed by atoms with Crippen LogP contribution in [0.25, 0.3) is 0 Å². The highest BCUT2D eigenvalue weighted by Gasteiger charge is 2.12. The summed E-state index contributed by atoms with van der Waals surface area (Å²) in [6, 6.07) is 10.1. The second kappa shape index (κ2) is 6.35. The second-order valence-electron chi connectivity index (χ2n) is 4.03. The Morgan fingerprint density at radius 3 is 2.05 bits per heavy atom. The lowest BCUT2D eigenvalue weighted by Crippen LogP contribution is -2.12. The van der Waals surface area contributed by atoms with Crippen molar-refractivity contribution in [1.82, 2.24) is 0 Å². The van der Waals surface area contributed by atoms with Crippen LogP contribution < -0.4 is 10.6 Å². The maximum Gasteiger partial charge on any atom is 0.255 e. The van der Waals surface area contributed by atoms with E-state index in [0.29, 0.717) is 26.3 Å². The van der Waals surface area contributed by atoms with Gasteiger partial charge in [-0.1, -0.05) is 34.8 Å². The van der Waals surface area contributed by atoms with Gasteiger partial charge in [0.15, 0.2) is 0 Å². The van der Waals surface area contributed by atoms with Gasteiger partial charge in [-0.15, -0.1) is 0 Å². The largest absolute Gasteiger partial charge is 0.388 e. The average molecular weight is 330 g/mol. The van der Waals surface area contributed by atoms with Gasteiger partial charge in [-0.3, -0.25) is 4.79 Å². The second-order valence-corrected chi connectivity index (χ2v) is 5.28. The SMILES string of the molecule is CNc1ccc(C(=O)Nc2c(Cl)cc(Cl)cc2Cl)cc1. The number of hydrogen-bond acceptors (Lipinski definition) is 2. The first-order valence-corrected chi connectivity index (χ1v) is 6.88. The van der Waals surface area contributed by atoms with Crippen LogP contribution in [-0.2, 0) is 0 Å². The van der Waals surface area contributed by atoms with E-state index in [1.807, 2.05) is 7.05 Å². The lowest BCUT2D eigenvalue weighted by atomic mass is 10.2. The van der Waals surface area contributed by atoms with Gasteiger partial charge in [0, 0.05) is 23.3 Å². The summed E-state index contributed by atoms with van der Waals surface area (Å²) in [6.07, 6.45) is 0. The highest BCUT2D eigenvalue weighted by atomic mass is 35.5. The van der Waals surface area contributed by atoms with Gasteiger partial charge in [0.05, 0.1) is 15.7 Å². The minimum atomic E-state index is -0.293. The molecule has 2 aromatic carbocycles. The number of anilines is 2. The standard InChI is InChI=1S/C14H11Cl3N2O/c1-18-10-4-2-8(3-5-10)14(20)19-13-11(16)6-9(15)7-12(13)17/h2-7,18H,1H3,(H,19,20). The quantitative estimate of drug-likeness (QED) is 0.837. The van der Waals surface area contributed by atoms with E-state index >= 15 is 0 Å². The average Bonchev–Trinajstić information content (AvgIpc) is 2.42. The molecule has 2 aromatic rings. The topological polar surface area (TPSA) is 41.1 Å². The van der Waals surface area contributed by atoms with Crippen molar-refractivity contribution in [2.45, 2.75) is 0 Å². The van der Waals surface area contributed by atoms with Gasteiger partial charge in [0.25, 0.3) is 5.91 Å². The lowest BCUT2D eigenvalue weighted by Gasteiger charge is -2.10. The van der Waals surface area contributed by atoms with Crippen LogP contribution in [0.2, 0.25) is 15.1 Å². The molecule has 0 saturated heterocycles. The number of carbonyl (C=O) groups excluding carboxylic acids is 1. The highest BCUT2D eigenvalue weighted by molar-refractivity contribution is 6.42. The van der Waals surface area contributed by atoms with Gasteiger partial charge < -0.3 is 10.6 Å². The van der Waals surface area contributed by atoms with E-state index in [0.717, 1.165) is 5.69 Å². The molecule has 104 valence electrons. The van der Waals surface area contributed by atoms with Crippen LogP contribution in [0.15, 0.2) is 36.4 Å². The van der Waals surface area contributed by atoms with Crippen LogP contribution in [-0.4, -0.2) is 13.0 Å². The molecule has 0 saturated carbocycles. The normalized spacial score (nSPS) is 10.2. The maximum atomic E-state index is 12.1. The molecule has 0 spiro atoms. The van der Waals surface area contributed by atoms with Gasteiger partial charge in [0.1, 0.15) is 0 Å². The number of halogens is 3. The van der Waals surface area contributed by atoms with Crippen molar-refractivity contribution in [3.8, 4) is 0 Å². The van der Waals surface area contributed by atoms with E-state index in [2.05, 4.69) is 10.6 Å². The van der Waals surface area contributed by atoms with Crippen molar-refractivity contribution in [1.29, 1.82) is 0 Å². The molecule has 0 radical (unpaired) electrons. The number of carbonyl (C=O) groups is 1. The molecule has 0 heterocycles. The summed E-state index contributed by atoms with van der Waals surface area (Å²) in [5, 5.41) is 6.66. The van der Waals surface area contributed by atoms with Crippen molar-refractivity contribution in [3.05, 3.63) is 57.0 Å². The van der Waals surface area contributed by atoms with Crippen LogP contribution >= 0.6 is 34.8 Å². The number of nitrogens with one attached hydrogen (secondary N) is 2. The molecule has 0 atom stereocenters. The van der Waals surface area contributed by atoms with E-state index in [-0.39, 0.29) is 5.91 Å². The Balaban J connectivity index is 2.23. The molecule has 0 bridgehead atoms. The minimum absolute atomic E-state index is 0.293. The van der Waals surface area contributed by atoms with Gasteiger partial charge in [0.2, 0.25) is 0 Å². The molecule has 3 nitrogen and oxygen atoms in total. The molecule has 20 heavy (non-hydrogen) atoms. The minimum Gasteiger partial charge on any atom is -0.388 e. The smallest absolute Gasteiger partial charge is 0.255 e.